The normalized spacial score (nSPS) is 28.0. The molecule has 0 spiro atoms. The van der Waals surface area contributed by atoms with Crippen molar-refractivity contribution in [1.29, 1.82) is 0 Å². The summed E-state index contributed by atoms with van der Waals surface area (Å²) in [4.78, 5) is 28.0. The van der Waals surface area contributed by atoms with Crippen molar-refractivity contribution in [3.8, 4) is 0 Å². The van der Waals surface area contributed by atoms with E-state index >= 15 is 0 Å². The van der Waals surface area contributed by atoms with E-state index in [1.165, 1.54) is 5.56 Å². The molecule has 1 aliphatic carbocycles. The van der Waals surface area contributed by atoms with Gasteiger partial charge in [-0.1, -0.05) is 36.4 Å². The van der Waals surface area contributed by atoms with E-state index in [1.807, 2.05) is 34.9 Å². The molecule has 3 aliphatic rings. The highest BCUT2D eigenvalue weighted by atomic mass is 16.3. The second-order valence-electron chi connectivity index (χ2n) is 8.91. The summed E-state index contributed by atoms with van der Waals surface area (Å²) in [6, 6.07) is 15.6. The number of hydrogen-bond acceptors (Lipinski definition) is 4. The molecule has 6 heteroatoms. The van der Waals surface area contributed by atoms with Gasteiger partial charge in [0, 0.05) is 49.3 Å². The third kappa shape index (κ3) is 3.28. The monoisotopic (exact) mass is 407 g/mol. The smallest absolute Gasteiger partial charge is 0.250 e. The Hall–Kier alpha value is -2.44. The molecule has 0 bridgehead atoms. The number of benzene rings is 1. The zero-order valence-corrected chi connectivity index (χ0v) is 17.1. The molecule has 1 amide bonds. The lowest BCUT2D eigenvalue weighted by Gasteiger charge is -2.34. The summed E-state index contributed by atoms with van der Waals surface area (Å²) in [5.41, 5.74) is 2.19. The minimum absolute atomic E-state index is 0.00271. The summed E-state index contributed by atoms with van der Waals surface area (Å²) in [6.45, 7) is 1.24. The van der Waals surface area contributed by atoms with Crippen molar-refractivity contribution in [1.82, 2.24) is 14.8 Å². The van der Waals surface area contributed by atoms with Crippen molar-refractivity contribution in [3.05, 3.63) is 70.1 Å². The van der Waals surface area contributed by atoms with Gasteiger partial charge in [0.15, 0.2) is 0 Å². The molecule has 0 radical (unpaired) electrons. The van der Waals surface area contributed by atoms with Crippen LogP contribution in [0.1, 0.15) is 36.6 Å². The summed E-state index contributed by atoms with van der Waals surface area (Å²) in [6.07, 6.45) is 4.07. The van der Waals surface area contributed by atoms with Gasteiger partial charge < -0.3 is 15.0 Å². The molecule has 3 heterocycles. The minimum atomic E-state index is -0.363. The molecule has 30 heavy (non-hydrogen) atoms. The number of carbonyl (C=O) groups excluding carboxylic acids is 1. The topological polar surface area (TPSA) is 74.6 Å². The summed E-state index contributed by atoms with van der Waals surface area (Å²) in [5.74, 6) is -0.0748. The Kier molecular flexibility index (Phi) is 5.21. The second-order valence-corrected chi connectivity index (χ2v) is 8.91. The van der Waals surface area contributed by atoms with Crippen LogP contribution in [0.25, 0.3) is 0 Å². The molecular formula is C24H29N3O3. The molecule has 4 atom stereocenters. The number of likely N-dealkylation sites (tertiary alicyclic amines) is 1. The van der Waals surface area contributed by atoms with E-state index in [9.17, 15) is 14.7 Å². The van der Waals surface area contributed by atoms with Gasteiger partial charge in [-0.3, -0.25) is 14.5 Å². The van der Waals surface area contributed by atoms with Crippen LogP contribution in [-0.2, 0) is 17.8 Å². The van der Waals surface area contributed by atoms with Crippen molar-refractivity contribution in [2.24, 2.45) is 11.8 Å². The molecule has 2 N–H and O–H groups in total. The van der Waals surface area contributed by atoms with Gasteiger partial charge in [-0.25, -0.2) is 0 Å². The molecule has 1 saturated carbocycles. The average molecular weight is 408 g/mol. The molecule has 1 saturated heterocycles. The fourth-order valence-corrected chi connectivity index (χ4v) is 5.56. The maximum absolute atomic E-state index is 13.3. The Morgan fingerprint density at radius 2 is 1.90 bits per heavy atom. The van der Waals surface area contributed by atoms with Crippen LogP contribution in [0.2, 0.25) is 0 Å². The third-order valence-corrected chi connectivity index (χ3v) is 7.29. The van der Waals surface area contributed by atoms with E-state index < -0.39 is 0 Å². The first-order chi connectivity index (χ1) is 14.7. The highest BCUT2D eigenvalue weighted by molar-refractivity contribution is 5.83. The zero-order chi connectivity index (χ0) is 20.7. The standard InChI is InChI=1S/C24H29N3O3/c28-15-19-18-14-27-20(10-5-11-21(27)29)22(18)26(13-12-16-6-2-1-3-7-16)23(19)24(30)25-17-8-4-9-17/h1-3,5-7,10-11,17-19,22-23,28H,4,8-9,12-15H2,(H,25,30)/t18-,19-,22+,23-/m0/s1. The number of fused-ring (bicyclic) bond motifs is 3. The lowest BCUT2D eigenvalue weighted by molar-refractivity contribution is -0.129. The number of hydrogen-bond donors (Lipinski definition) is 2. The van der Waals surface area contributed by atoms with E-state index in [2.05, 4.69) is 22.3 Å². The minimum Gasteiger partial charge on any atom is -0.396 e. The quantitative estimate of drug-likeness (QED) is 0.765. The van der Waals surface area contributed by atoms with Crippen LogP contribution in [0.15, 0.2) is 53.3 Å². The van der Waals surface area contributed by atoms with E-state index in [0.717, 1.165) is 31.4 Å². The predicted octanol–water partition coefficient (Wildman–Crippen LogP) is 1.72. The number of nitrogens with zero attached hydrogens (tertiary/aromatic N) is 2. The van der Waals surface area contributed by atoms with Crippen LogP contribution in [-0.4, -0.2) is 45.7 Å². The van der Waals surface area contributed by atoms with Gasteiger partial charge in [-0.05, 0) is 37.3 Å². The molecule has 1 aromatic carbocycles. The van der Waals surface area contributed by atoms with Gasteiger partial charge in [0.2, 0.25) is 5.91 Å². The first kappa shape index (κ1) is 19.5. The van der Waals surface area contributed by atoms with Crippen molar-refractivity contribution in [2.75, 3.05) is 13.2 Å². The maximum Gasteiger partial charge on any atom is 0.250 e. The fourth-order valence-electron chi connectivity index (χ4n) is 5.56. The summed E-state index contributed by atoms with van der Waals surface area (Å²) in [7, 11) is 0. The molecular weight excluding hydrogens is 378 g/mol. The first-order valence-electron chi connectivity index (χ1n) is 11.1. The summed E-state index contributed by atoms with van der Waals surface area (Å²) < 4.78 is 1.83. The van der Waals surface area contributed by atoms with Crippen LogP contribution in [0.5, 0.6) is 0 Å². The van der Waals surface area contributed by atoms with E-state index in [-0.39, 0.29) is 48.0 Å². The van der Waals surface area contributed by atoms with Gasteiger partial charge in [0.1, 0.15) is 0 Å². The lowest BCUT2D eigenvalue weighted by Crippen LogP contribution is -2.52. The zero-order valence-electron chi connectivity index (χ0n) is 17.1. The number of aliphatic hydroxyl groups excluding tert-OH is 1. The predicted molar refractivity (Wildman–Crippen MR) is 114 cm³/mol. The second kappa shape index (κ2) is 8.00. The van der Waals surface area contributed by atoms with Crippen molar-refractivity contribution in [2.45, 2.75) is 50.4 Å². The molecule has 158 valence electrons. The number of aliphatic hydroxyl groups is 1. The van der Waals surface area contributed by atoms with Gasteiger partial charge >= 0.3 is 0 Å². The van der Waals surface area contributed by atoms with Gasteiger partial charge in [0.25, 0.3) is 5.56 Å². The average Bonchev–Trinajstić information content (AvgIpc) is 3.25. The number of carbonyl (C=O) groups is 1. The molecule has 6 nitrogen and oxygen atoms in total. The van der Waals surface area contributed by atoms with Gasteiger partial charge in [-0.2, -0.15) is 0 Å². The number of pyridine rings is 1. The van der Waals surface area contributed by atoms with Crippen molar-refractivity contribution < 1.29 is 9.90 Å². The Balaban J connectivity index is 1.48. The maximum atomic E-state index is 13.3. The van der Waals surface area contributed by atoms with Crippen LogP contribution in [0.3, 0.4) is 0 Å². The van der Waals surface area contributed by atoms with Crippen LogP contribution < -0.4 is 10.9 Å². The number of aromatic nitrogens is 1. The van der Waals surface area contributed by atoms with E-state index in [4.69, 9.17) is 0 Å². The Labute approximate surface area is 176 Å². The first-order valence-corrected chi connectivity index (χ1v) is 11.1. The molecule has 0 unspecified atom stereocenters. The Morgan fingerprint density at radius 3 is 2.60 bits per heavy atom. The Bertz CT molecular complexity index is 969. The highest BCUT2D eigenvalue weighted by Crippen LogP contribution is 2.49. The van der Waals surface area contributed by atoms with E-state index in [0.29, 0.717) is 13.1 Å². The third-order valence-electron chi connectivity index (χ3n) is 7.29. The number of rotatable bonds is 6. The molecule has 2 fully saturated rings. The Morgan fingerprint density at radius 1 is 1.10 bits per heavy atom. The van der Waals surface area contributed by atoms with Gasteiger partial charge in [0.05, 0.1) is 12.1 Å². The SMILES string of the molecule is O=C(NC1CCC1)[C@@H]1[C@@H](CO)[C@@H]2Cn3c(cccc3=O)[C@@H]2N1CCc1ccccc1. The number of amides is 1. The van der Waals surface area contributed by atoms with Crippen LogP contribution >= 0.6 is 0 Å². The largest absolute Gasteiger partial charge is 0.396 e. The molecule has 2 aliphatic heterocycles. The van der Waals surface area contributed by atoms with Crippen molar-refractivity contribution >= 4 is 5.91 Å². The highest BCUT2D eigenvalue weighted by Gasteiger charge is 2.55. The van der Waals surface area contributed by atoms with Crippen molar-refractivity contribution in [3.63, 3.8) is 0 Å². The fraction of sp³-hybridized carbons (Fsp3) is 0.500. The lowest BCUT2D eigenvalue weighted by atomic mass is 9.87. The van der Waals surface area contributed by atoms with Crippen LogP contribution in [0.4, 0.5) is 0 Å². The number of nitrogens with one attached hydrogen (secondary N) is 1. The summed E-state index contributed by atoms with van der Waals surface area (Å²) in [5, 5.41) is 13.5. The van der Waals surface area contributed by atoms with E-state index in [1.54, 1.807) is 6.07 Å². The molecule has 5 rings (SSSR count). The van der Waals surface area contributed by atoms with Gasteiger partial charge in [-0.15, -0.1) is 0 Å². The molecule has 1 aromatic heterocycles. The molecule has 2 aromatic rings. The van der Waals surface area contributed by atoms with Crippen LogP contribution in [0, 0.1) is 11.8 Å². The summed E-state index contributed by atoms with van der Waals surface area (Å²) >= 11 is 0.